The van der Waals surface area contributed by atoms with E-state index in [4.69, 9.17) is 14.2 Å². The average molecular weight is 220 g/mol. The number of carbonyl (C=O) groups is 1. The van der Waals surface area contributed by atoms with Gasteiger partial charge in [0.1, 0.15) is 6.26 Å². The van der Waals surface area contributed by atoms with Crippen LogP contribution in [-0.4, -0.2) is 12.6 Å². The Morgan fingerprint density at radius 1 is 1.38 bits per heavy atom. The molecule has 0 radical (unpaired) electrons. The quantitative estimate of drug-likeness (QED) is 0.732. The largest absolute Gasteiger partial charge is 0.460 e. The van der Waals surface area contributed by atoms with Crippen molar-refractivity contribution in [3.63, 3.8) is 0 Å². The monoisotopic (exact) mass is 220 g/mol. The topological polar surface area (TPSA) is 44.8 Å². The zero-order valence-corrected chi connectivity index (χ0v) is 8.88. The first-order chi connectivity index (χ1) is 7.81. The fourth-order valence-corrected chi connectivity index (χ4v) is 1.35. The summed E-state index contributed by atoms with van der Waals surface area (Å²) in [5.74, 6) is -0.392. The van der Waals surface area contributed by atoms with Crippen molar-refractivity contribution in [3.05, 3.63) is 47.9 Å². The molecule has 0 saturated heterocycles. The lowest BCUT2D eigenvalue weighted by atomic mass is 10.2. The first-order valence-corrected chi connectivity index (χ1v) is 5.05. The third-order valence-electron chi connectivity index (χ3n) is 2.08. The van der Waals surface area contributed by atoms with Gasteiger partial charge in [-0.1, -0.05) is 30.3 Å². The Morgan fingerprint density at radius 3 is 2.81 bits per heavy atom. The number of ether oxygens (including phenoxy) is 3. The molecule has 1 aromatic rings. The van der Waals surface area contributed by atoms with Crippen LogP contribution in [0, 0.1) is 0 Å². The van der Waals surface area contributed by atoms with Crippen molar-refractivity contribution in [1.29, 1.82) is 0 Å². The van der Waals surface area contributed by atoms with Gasteiger partial charge >= 0.3 is 5.97 Å². The van der Waals surface area contributed by atoms with Crippen LogP contribution in [0.15, 0.2) is 42.4 Å². The minimum atomic E-state index is -0.555. The second kappa shape index (κ2) is 4.70. The predicted octanol–water partition coefficient (Wildman–Crippen LogP) is 2.14. The smallest absolute Gasteiger partial charge is 0.377 e. The molecule has 16 heavy (non-hydrogen) atoms. The molecule has 4 nitrogen and oxygen atoms in total. The van der Waals surface area contributed by atoms with Gasteiger partial charge in [-0.25, -0.2) is 4.79 Å². The van der Waals surface area contributed by atoms with E-state index < -0.39 is 12.3 Å². The molecule has 0 saturated carbocycles. The number of rotatable bonds is 3. The second-order valence-corrected chi connectivity index (χ2v) is 3.20. The summed E-state index contributed by atoms with van der Waals surface area (Å²) in [6, 6.07) is 9.40. The summed E-state index contributed by atoms with van der Waals surface area (Å²) in [6.07, 6.45) is 0.732. The maximum absolute atomic E-state index is 11.3. The van der Waals surface area contributed by atoms with Crippen LogP contribution in [0.2, 0.25) is 0 Å². The van der Waals surface area contributed by atoms with Crippen LogP contribution >= 0.6 is 0 Å². The van der Waals surface area contributed by atoms with Gasteiger partial charge < -0.3 is 14.2 Å². The maximum atomic E-state index is 11.3. The number of hydrogen-bond acceptors (Lipinski definition) is 4. The predicted molar refractivity (Wildman–Crippen MR) is 56.1 cm³/mol. The van der Waals surface area contributed by atoms with E-state index >= 15 is 0 Å². The summed E-state index contributed by atoms with van der Waals surface area (Å²) in [7, 11) is 0. The molecular weight excluding hydrogens is 208 g/mol. The molecule has 1 heterocycles. The fraction of sp³-hybridized carbons (Fsp3) is 0.250. The summed E-state index contributed by atoms with van der Waals surface area (Å²) < 4.78 is 15.4. The first kappa shape index (κ1) is 10.5. The Hall–Kier alpha value is -1.97. The minimum absolute atomic E-state index is 0.107. The van der Waals surface area contributed by atoms with Gasteiger partial charge in [-0.3, -0.25) is 0 Å². The van der Waals surface area contributed by atoms with Gasteiger partial charge in [0.05, 0.1) is 6.61 Å². The lowest BCUT2D eigenvalue weighted by Gasteiger charge is -2.11. The third kappa shape index (κ3) is 2.16. The molecule has 0 aromatic heterocycles. The highest BCUT2D eigenvalue weighted by molar-refractivity contribution is 5.86. The number of esters is 1. The van der Waals surface area contributed by atoms with Gasteiger partial charge in [-0.2, -0.15) is 0 Å². The third-order valence-corrected chi connectivity index (χ3v) is 2.08. The standard InChI is InChI=1S/C12H12O4/c1-2-14-11(13)10-8-15-12(16-10)9-6-4-3-5-7-9/h3-8,12H,2H2,1H3. The van der Waals surface area contributed by atoms with Gasteiger partial charge in [0.15, 0.2) is 0 Å². The van der Waals surface area contributed by atoms with Gasteiger partial charge in [0.25, 0.3) is 6.29 Å². The van der Waals surface area contributed by atoms with E-state index in [-0.39, 0.29) is 5.76 Å². The van der Waals surface area contributed by atoms with E-state index in [0.717, 1.165) is 5.56 Å². The highest BCUT2D eigenvalue weighted by atomic mass is 16.7. The summed E-state index contributed by atoms with van der Waals surface area (Å²) >= 11 is 0. The van der Waals surface area contributed by atoms with Gasteiger partial charge in [-0.05, 0) is 6.92 Å². The highest BCUT2D eigenvalue weighted by Crippen LogP contribution is 2.28. The summed E-state index contributed by atoms with van der Waals surface area (Å²) in [5, 5.41) is 0. The molecule has 0 spiro atoms. The van der Waals surface area contributed by atoms with Crippen LogP contribution in [0.1, 0.15) is 18.8 Å². The number of hydrogen-bond donors (Lipinski definition) is 0. The van der Waals surface area contributed by atoms with Crippen molar-refractivity contribution in [1.82, 2.24) is 0 Å². The van der Waals surface area contributed by atoms with Crippen molar-refractivity contribution < 1.29 is 19.0 Å². The normalized spacial score (nSPS) is 18.3. The van der Waals surface area contributed by atoms with Crippen molar-refractivity contribution in [3.8, 4) is 0 Å². The number of carbonyl (C=O) groups excluding carboxylic acids is 1. The summed E-state index contributed by atoms with van der Waals surface area (Å²) in [4.78, 5) is 11.3. The van der Waals surface area contributed by atoms with E-state index in [1.165, 1.54) is 6.26 Å². The van der Waals surface area contributed by atoms with Crippen LogP contribution < -0.4 is 0 Å². The zero-order chi connectivity index (χ0) is 11.4. The van der Waals surface area contributed by atoms with E-state index in [0.29, 0.717) is 6.61 Å². The van der Waals surface area contributed by atoms with Crippen LogP contribution in [0.3, 0.4) is 0 Å². The molecule has 1 atom stereocenters. The van der Waals surface area contributed by atoms with Gasteiger partial charge in [0.2, 0.25) is 5.76 Å². The summed E-state index contributed by atoms with van der Waals surface area (Å²) in [5.41, 5.74) is 0.859. The van der Waals surface area contributed by atoms with E-state index in [1.807, 2.05) is 30.3 Å². The van der Waals surface area contributed by atoms with Crippen LogP contribution in [0.4, 0.5) is 0 Å². The lowest BCUT2D eigenvalue weighted by Crippen LogP contribution is -2.09. The molecule has 1 aromatic carbocycles. The molecule has 2 rings (SSSR count). The SMILES string of the molecule is CCOC(=O)C1=COC(c2ccccc2)O1. The van der Waals surface area contributed by atoms with Crippen molar-refractivity contribution in [2.45, 2.75) is 13.2 Å². The molecule has 0 N–H and O–H groups in total. The lowest BCUT2D eigenvalue weighted by molar-refractivity contribution is -0.145. The van der Waals surface area contributed by atoms with E-state index in [2.05, 4.69) is 0 Å². The van der Waals surface area contributed by atoms with E-state index in [9.17, 15) is 4.79 Å². The highest BCUT2D eigenvalue weighted by Gasteiger charge is 2.26. The molecule has 0 aliphatic carbocycles. The van der Waals surface area contributed by atoms with Crippen LogP contribution in [0.25, 0.3) is 0 Å². The average Bonchev–Trinajstić information content (AvgIpc) is 2.80. The van der Waals surface area contributed by atoms with E-state index in [1.54, 1.807) is 6.92 Å². The zero-order valence-electron chi connectivity index (χ0n) is 8.88. The van der Waals surface area contributed by atoms with Crippen molar-refractivity contribution >= 4 is 5.97 Å². The van der Waals surface area contributed by atoms with Crippen LogP contribution in [-0.2, 0) is 19.0 Å². The van der Waals surface area contributed by atoms with Gasteiger partial charge in [0, 0.05) is 5.56 Å². The van der Waals surface area contributed by atoms with Gasteiger partial charge in [-0.15, -0.1) is 0 Å². The first-order valence-electron chi connectivity index (χ1n) is 5.05. The van der Waals surface area contributed by atoms with Crippen LogP contribution in [0.5, 0.6) is 0 Å². The molecule has 1 unspecified atom stereocenters. The summed E-state index contributed by atoms with van der Waals surface area (Å²) in [6.45, 7) is 2.05. The Kier molecular flexibility index (Phi) is 3.10. The molecule has 1 aliphatic rings. The second-order valence-electron chi connectivity index (χ2n) is 3.20. The number of benzene rings is 1. The fourth-order valence-electron chi connectivity index (χ4n) is 1.35. The minimum Gasteiger partial charge on any atom is -0.460 e. The molecule has 4 heteroatoms. The Balaban J connectivity index is 1.99. The Morgan fingerprint density at radius 2 is 2.12 bits per heavy atom. The molecular formula is C12H12O4. The molecule has 0 fully saturated rings. The Bertz CT molecular complexity index is 397. The van der Waals surface area contributed by atoms with Crippen molar-refractivity contribution in [2.75, 3.05) is 6.61 Å². The molecule has 84 valence electrons. The Labute approximate surface area is 93.4 Å². The molecule has 0 amide bonds. The van der Waals surface area contributed by atoms with Crippen molar-refractivity contribution in [2.24, 2.45) is 0 Å². The maximum Gasteiger partial charge on any atom is 0.377 e. The molecule has 1 aliphatic heterocycles. The molecule has 0 bridgehead atoms.